The zero-order chi connectivity index (χ0) is 10.3. The van der Waals surface area contributed by atoms with Crippen LogP contribution in [0.25, 0.3) is 0 Å². The van der Waals surface area contributed by atoms with Gasteiger partial charge in [0.25, 0.3) is 0 Å². The fraction of sp³-hybridized carbons (Fsp3) is 0.364. The first kappa shape index (κ1) is 11.8. The van der Waals surface area contributed by atoms with Crippen LogP contribution in [0.5, 0.6) is 0 Å². The largest absolute Gasteiger partial charge is 0.330 e. The molecule has 1 atom stereocenters. The molecular weight excluding hydrogens is 162 g/mol. The van der Waals surface area contributed by atoms with Gasteiger partial charge in [-0.2, -0.15) is 0 Å². The van der Waals surface area contributed by atoms with Crippen LogP contribution in [0.15, 0.2) is 37.0 Å². The van der Waals surface area contributed by atoms with Crippen LogP contribution in [-0.4, -0.2) is 12.3 Å². The lowest BCUT2D eigenvalue weighted by molar-refractivity contribution is -0.118. The molecular formula is C11H17NO. The third-order valence-corrected chi connectivity index (χ3v) is 1.80. The summed E-state index contributed by atoms with van der Waals surface area (Å²) in [7, 11) is 0. The molecule has 1 unspecified atom stereocenters. The van der Waals surface area contributed by atoms with Crippen LogP contribution >= 0.6 is 0 Å². The number of hydrogen-bond donors (Lipinski definition) is 1. The van der Waals surface area contributed by atoms with Crippen molar-refractivity contribution in [2.24, 2.45) is 11.7 Å². The smallest absolute Gasteiger partial charge is 0.165 e. The average molecular weight is 179 g/mol. The van der Waals surface area contributed by atoms with E-state index in [4.69, 9.17) is 5.73 Å². The molecule has 0 aliphatic heterocycles. The average Bonchev–Trinajstić information content (AvgIpc) is 2.13. The number of hydrogen-bond acceptors (Lipinski definition) is 2. The summed E-state index contributed by atoms with van der Waals surface area (Å²) in [4.78, 5) is 11.5. The highest BCUT2D eigenvalue weighted by molar-refractivity contribution is 5.98. The summed E-state index contributed by atoms with van der Waals surface area (Å²) in [6, 6.07) is 0. The lowest BCUT2D eigenvalue weighted by atomic mass is 9.97. The molecule has 72 valence electrons. The van der Waals surface area contributed by atoms with Crippen LogP contribution in [0.3, 0.4) is 0 Å². The summed E-state index contributed by atoms with van der Waals surface area (Å²) >= 11 is 0. The van der Waals surface area contributed by atoms with Gasteiger partial charge >= 0.3 is 0 Å². The molecule has 0 saturated carbocycles. The molecule has 0 amide bonds. The second-order valence-corrected chi connectivity index (χ2v) is 2.96. The fourth-order valence-corrected chi connectivity index (χ4v) is 0.964. The molecule has 0 radical (unpaired) electrons. The Balaban J connectivity index is 4.17. The van der Waals surface area contributed by atoms with Crippen molar-refractivity contribution in [1.29, 1.82) is 0 Å². The first-order chi connectivity index (χ1) is 6.13. The van der Waals surface area contributed by atoms with Crippen molar-refractivity contribution in [1.82, 2.24) is 0 Å². The third-order valence-electron chi connectivity index (χ3n) is 1.80. The van der Waals surface area contributed by atoms with Crippen LogP contribution in [0.1, 0.15) is 13.3 Å². The molecule has 0 aliphatic carbocycles. The Morgan fingerprint density at radius 3 is 2.69 bits per heavy atom. The standard InChI is InChI=1S/C11H17NO/c1-4-5-6-9(2)11(13)10(3)7-8-12/h4-6,10H,1-2,7-8,12H2,3H3/b6-5-. The van der Waals surface area contributed by atoms with Gasteiger partial charge in [-0.1, -0.05) is 38.3 Å². The highest BCUT2D eigenvalue weighted by Gasteiger charge is 2.12. The minimum absolute atomic E-state index is 0.0352. The van der Waals surface area contributed by atoms with Gasteiger partial charge in [0, 0.05) is 11.5 Å². The highest BCUT2D eigenvalue weighted by atomic mass is 16.1. The van der Waals surface area contributed by atoms with Gasteiger partial charge in [0.05, 0.1) is 0 Å². The molecule has 0 aliphatic rings. The van der Waals surface area contributed by atoms with E-state index >= 15 is 0 Å². The number of nitrogens with two attached hydrogens (primary N) is 1. The molecule has 2 N–H and O–H groups in total. The molecule has 0 rings (SSSR count). The molecule has 0 bridgehead atoms. The molecule has 0 saturated heterocycles. The molecule has 2 heteroatoms. The Morgan fingerprint density at radius 2 is 2.23 bits per heavy atom. The van der Waals surface area contributed by atoms with Gasteiger partial charge in [-0.25, -0.2) is 0 Å². The predicted molar refractivity (Wildman–Crippen MR) is 56.3 cm³/mol. The second-order valence-electron chi connectivity index (χ2n) is 2.96. The number of carbonyl (C=O) groups is 1. The predicted octanol–water partition coefficient (Wildman–Crippen LogP) is 1.84. The Labute approximate surface area is 79.8 Å². The SMILES string of the molecule is C=C/C=C\C(=C)C(=O)C(C)CCN. The first-order valence-electron chi connectivity index (χ1n) is 4.35. The van der Waals surface area contributed by atoms with Crippen molar-refractivity contribution in [3.63, 3.8) is 0 Å². The maximum atomic E-state index is 11.5. The van der Waals surface area contributed by atoms with E-state index < -0.39 is 0 Å². The summed E-state index contributed by atoms with van der Waals surface area (Å²) in [5, 5.41) is 0. The first-order valence-corrected chi connectivity index (χ1v) is 4.35. The molecule has 0 heterocycles. The molecule has 13 heavy (non-hydrogen) atoms. The van der Waals surface area contributed by atoms with Gasteiger partial charge in [0.1, 0.15) is 0 Å². The quantitative estimate of drug-likeness (QED) is 0.499. The van der Waals surface area contributed by atoms with Gasteiger partial charge < -0.3 is 5.73 Å². The third kappa shape index (κ3) is 4.43. The van der Waals surface area contributed by atoms with E-state index in [1.54, 1.807) is 18.2 Å². The fourth-order valence-electron chi connectivity index (χ4n) is 0.964. The Bertz CT molecular complexity index is 228. The Kier molecular flexibility index (Phi) is 5.81. The van der Waals surface area contributed by atoms with Crippen molar-refractivity contribution >= 4 is 5.78 Å². The molecule has 0 aromatic carbocycles. The molecule has 0 aromatic heterocycles. The number of rotatable bonds is 6. The second kappa shape index (κ2) is 6.38. The minimum Gasteiger partial charge on any atom is -0.330 e. The molecule has 0 spiro atoms. The van der Waals surface area contributed by atoms with Crippen LogP contribution in [0.4, 0.5) is 0 Å². The van der Waals surface area contributed by atoms with Crippen molar-refractivity contribution in [3.05, 3.63) is 37.0 Å². The summed E-state index contributed by atoms with van der Waals surface area (Å²) < 4.78 is 0. The zero-order valence-corrected chi connectivity index (χ0v) is 8.12. The van der Waals surface area contributed by atoms with Crippen molar-refractivity contribution in [2.45, 2.75) is 13.3 Å². The van der Waals surface area contributed by atoms with E-state index in [9.17, 15) is 4.79 Å². The Morgan fingerprint density at radius 1 is 1.62 bits per heavy atom. The number of ketones is 1. The number of carbonyl (C=O) groups excluding carboxylic acids is 1. The maximum absolute atomic E-state index is 11.5. The van der Waals surface area contributed by atoms with Crippen molar-refractivity contribution in [2.75, 3.05) is 6.54 Å². The van der Waals surface area contributed by atoms with Crippen molar-refractivity contribution < 1.29 is 4.79 Å². The van der Waals surface area contributed by atoms with Crippen LogP contribution in [-0.2, 0) is 4.79 Å². The lowest BCUT2D eigenvalue weighted by Crippen LogP contribution is -2.16. The maximum Gasteiger partial charge on any atom is 0.165 e. The van der Waals surface area contributed by atoms with E-state index in [0.717, 1.165) is 0 Å². The Hall–Kier alpha value is -1.15. The van der Waals surface area contributed by atoms with Crippen LogP contribution in [0, 0.1) is 5.92 Å². The van der Waals surface area contributed by atoms with E-state index in [1.165, 1.54) is 0 Å². The number of Topliss-reactive ketones (excluding diaryl/α,β-unsaturated/α-hetero) is 1. The van der Waals surface area contributed by atoms with Gasteiger partial charge in [-0.3, -0.25) is 4.79 Å². The zero-order valence-electron chi connectivity index (χ0n) is 8.12. The molecule has 0 fully saturated rings. The van der Waals surface area contributed by atoms with Gasteiger partial charge in [0.15, 0.2) is 5.78 Å². The number of allylic oxidation sites excluding steroid dienone is 4. The summed E-state index contributed by atoms with van der Waals surface area (Å²) in [5.41, 5.74) is 5.87. The summed E-state index contributed by atoms with van der Waals surface area (Å²) in [6.45, 7) is 9.58. The molecule has 2 nitrogen and oxygen atoms in total. The van der Waals surface area contributed by atoms with Crippen LogP contribution in [0.2, 0.25) is 0 Å². The normalized spacial score (nSPS) is 12.8. The minimum atomic E-state index is -0.0352. The van der Waals surface area contributed by atoms with Gasteiger partial charge in [0.2, 0.25) is 0 Å². The topological polar surface area (TPSA) is 43.1 Å². The summed E-state index contributed by atoms with van der Waals surface area (Å²) in [6.07, 6.45) is 5.70. The van der Waals surface area contributed by atoms with Crippen molar-refractivity contribution in [3.8, 4) is 0 Å². The van der Waals surface area contributed by atoms with E-state index in [1.807, 2.05) is 6.92 Å². The van der Waals surface area contributed by atoms with E-state index in [2.05, 4.69) is 13.2 Å². The lowest BCUT2D eigenvalue weighted by Gasteiger charge is -2.07. The molecule has 0 aromatic rings. The van der Waals surface area contributed by atoms with Gasteiger partial charge in [-0.15, -0.1) is 0 Å². The summed E-state index contributed by atoms with van der Waals surface area (Å²) in [5.74, 6) is 0.0236. The monoisotopic (exact) mass is 179 g/mol. The highest BCUT2D eigenvalue weighted by Crippen LogP contribution is 2.09. The van der Waals surface area contributed by atoms with E-state index in [0.29, 0.717) is 18.5 Å². The van der Waals surface area contributed by atoms with Crippen LogP contribution < -0.4 is 5.73 Å². The van der Waals surface area contributed by atoms with E-state index in [-0.39, 0.29) is 11.7 Å². The van der Waals surface area contributed by atoms with Gasteiger partial charge in [-0.05, 0) is 13.0 Å².